The molecule has 1 aromatic rings. The lowest BCUT2D eigenvalue weighted by Crippen LogP contribution is -2.17. The molecule has 1 saturated carbocycles. The summed E-state index contributed by atoms with van der Waals surface area (Å²) in [6.45, 7) is 2.71. The molecular weight excluding hydrogens is 188 g/mol. The Bertz CT molecular complexity index is 449. The lowest BCUT2D eigenvalue weighted by molar-refractivity contribution is 0.0816. The molecule has 3 nitrogen and oxygen atoms in total. The van der Waals surface area contributed by atoms with Gasteiger partial charge in [-0.05, 0) is 25.8 Å². The summed E-state index contributed by atoms with van der Waals surface area (Å²) in [7, 11) is 1.86. The standard InChI is InChI=1S/C12H14N2O/c1-7-5-9-10(6-14(2)12(9)15)11(13-7)8-3-4-8/h5,8H,3-4,6H2,1-2H3. The number of amides is 1. The molecule has 0 aromatic carbocycles. The van der Waals surface area contributed by atoms with Crippen molar-refractivity contribution >= 4 is 5.91 Å². The maximum atomic E-state index is 11.8. The monoisotopic (exact) mass is 202 g/mol. The van der Waals surface area contributed by atoms with Crippen molar-refractivity contribution in [2.45, 2.75) is 32.2 Å². The molecule has 0 atom stereocenters. The smallest absolute Gasteiger partial charge is 0.254 e. The van der Waals surface area contributed by atoms with E-state index >= 15 is 0 Å². The van der Waals surface area contributed by atoms with Gasteiger partial charge in [-0.2, -0.15) is 0 Å². The number of nitrogens with zero attached hydrogens (tertiary/aromatic N) is 2. The minimum absolute atomic E-state index is 0.150. The molecule has 1 aliphatic heterocycles. The molecule has 0 saturated heterocycles. The van der Waals surface area contributed by atoms with Crippen molar-refractivity contribution in [2.75, 3.05) is 7.05 Å². The summed E-state index contributed by atoms with van der Waals surface area (Å²) in [5, 5.41) is 0. The van der Waals surface area contributed by atoms with Gasteiger partial charge in [-0.1, -0.05) is 0 Å². The third-order valence-corrected chi connectivity index (χ3v) is 3.22. The van der Waals surface area contributed by atoms with E-state index in [1.165, 1.54) is 24.1 Å². The minimum atomic E-state index is 0.150. The number of hydrogen-bond donors (Lipinski definition) is 0. The van der Waals surface area contributed by atoms with Gasteiger partial charge in [0.25, 0.3) is 5.91 Å². The molecule has 0 bridgehead atoms. The van der Waals surface area contributed by atoms with Crippen LogP contribution in [0.1, 0.15) is 46.1 Å². The van der Waals surface area contributed by atoms with Gasteiger partial charge in [0.2, 0.25) is 0 Å². The van der Waals surface area contributed by atoms with E-state index in [0.29, 0.717) is 5.92 Å². The van der Waals surface area contributed by atoms with Crippen LogP contribution >= 0.6 is 0 Å². The van der Waals surface area contributed by atoms with Gasteiger partial charge < -0.3 is 4.90 Å². The van der Waals surface area contributed by atoms with Crippen LogP contribution in [0.3, 0.4) is 0 Å². The van der Waals surface area contributed by atoms with Crippen LogP contribution in [-0.2, 0) is 6.54 Å². The van der Waals surface area contributed by atoms with Crippen LogP contribution in [0, 0.1) is 6.92 Å². The van der Waals surface area contributed by atoms with Crippen molar-refractivity contribution in [3.8, 4) is 0 Å². The van der Waals surface area contributed by atoms with Crippen molar-refractivity contribution in [2.24, 2.45) is 0 Å². The Morgan fingerprint density at radius 1 is 1.47 bits per heavy atom. The summed E-state index contributed by atoms with van der Waals surface area (Å²) in [5.74, 6) is 0.773. The summed E-state index contributed by atoms with van der Waals surface area (Å²) in [6.07, 6.45) is 2.47. The Morgan fingerprint density at radius 3 is 2.87 bits per heavy atom. The molecule has 1 fully saturated rings. The van der Waals surface area contributed by atoms with E-state index in [9.17, 15) is 4.79 Å². The highest BCUT2D eigenvalue weighted by Gasteiger charge is 2.34. The topological polar surface area (TPSA) is 33.2 Å². The van der Waals surface area contributed by atoms with Gasteiger partial charge in [0.15, 0.2) is 0 Å². The van der Waals surface area contributed by atoms with Gasteiger partial charge in [0.1, 0.15) is 0 Å². The lowest BCUT2D eigenvalue weighted by atomic mass is 10.0. The second-order valence-corrected chi connectivity index (χ2v) is 4.61. The van der Waals surface area contributed by atoms with Crippen molar-refractivity contribution in [1.82, 2.24) is 9.88 Å². The maximum absolute atomic E-state index is 11.8. The molecule has 1 aromatic heterocycles. The SMILES string of the molecule is Cc1cc2c(c(C3CC3)n1)CN(C)C2=O. The van der Waals surface area contributed by atoms with E-state index in [1.807, 2.05) is 20.0 Å². The molecule has 2 heterocycles. The zero-order valence-corrected chi connectivity index (χ0v) is 9.08. The van der Waals surface area contributed by atoms with E-state index in [1.54, 1.807) is 4.90 Å². The van der Waals surface area contributed by atoms with E-state index in [2.05, 4.69) is 4.98 Å². The van der Waals surface area contributed by atoms with Gasteiger partial charge >= 0.3 is 0 Å². The van der Waals surface area contributed by atoms with Crippen molar-refractivity contribution in [1.29, 1.82) is 0 Å². The first-order chi connectivity index (χ1) is 7.16. The highest BCUT2D eigenvalue weighted by molar-refractivity contribution is 5.98. The molecule has 3 rings (SSSR count). The Kier molecular flexibility index (Phi) is 1.67. The molecular formula is C12H14N2O. The molecule has 3 heteroatoms. The fraction of sp³-hybridized carbons (Fsp3) is 0.500. The second-order valence-electron chi connectivity index (χ2n) is 4.61. The highest BCUT2D eigenvalue weighted by atomic mass is 16.2. The number of aromatic nitrogens is 1. The summed E-state index contributed by atoms with van der Waals surface area (Å²) in [4.78, 5) is 18.2. The van der Waals surface area contributed by atoms with Gasteiger partial charge in [-0.15, -0.1) is 0 Å². The zero-order chi connectivity index (χ0) is 10.6. The van der Waals surface area contributed by atoms with Crippen molar-refractivity contribution in [3.63, 3.8) is 0 Å². The van der Waals surface area contributed by atoms with Gasteiger partial charge in [0.05, 0.1) is 0 Å². The number of carbonyl (C=O) groups is 1. The highest BCUT2D eigenvalue weighted by Crippen LogP contribution is 2.42. The summed E-state index contributed by atoms with van der Waals surface area (Å²) >= 11 is 0. The summed E-state index contributed by atoms with van der Waals surface area (Å²) in [5.41, 5.74) is 4.21. The number of rotatable bonds is 1. The third kappa shape index (κ3) is 1.26. The lowest BCUT2D eigenvalue weighted by Gasteiger charge is -2.06. The van der Waals surface area contributed by atoms with Crippen LogP contribution < -0.4 is 0 Å². The first kappa shape index (κ1) is 8.89. The van der Waals surface area contributed by atoms with Gasteiger partial charge in [-0.3, -0.25) is 9.78 Å². The van der Waals surface area contributed by atoms with Crippen molar-refractivity contribution < 1.29 is 4.79 Å². The normalized spacial score (nSPS) is 19.6. The largest absolute Gasteiger partial charge is 0.337 e. The van der Waals surface area contributed by atoms with E-state index < -0.39 is 0 Å². The van der Waals surface area contributed by atoms with Crippen LogP contribution in [0.5, 0.6) is 0 Å². The number of fused-ring (bicyclic) bond motifs is 1. The fourth-order valence-electron chi connectivity index (χ4n) is 2.29. The van der Waals surface area contributed by atoms with Crippen LogP contribution in [0.4, 0.5) is 0 Å². The molecule has 78 valence electrons. The Hall–Kier alpha value is -1.38. The van der Waals surface area contributed by atoms with Crippen LogP contribution in [-0.4, -0.2) is 22.8 Å². The molecule has 1 aliphatic carbocycles. The zero-order valence-electron chi connectivity index (χ0n) is 9.08. The van der Waals surface area contributed by atoms with Gasteiger partial charge in [0, 0.05) is 42.0 Å². The molecule has 1 amide bonds. The number of pyridine rings is 1. The quantitative estimate of drug-likeness (QED) is 0.696. The number of aryl methyl sites for hydroxylation is 1. The van der Waals surface area contributed by atoms with Crippen LogP contribution in [0.15, 0.2) is 6.07 Å². The van der Waals surface area contributed by atoms with Crippen LogP contribution in [0.25, 0.3) is 0 Å². The molecule has 0 N–H and O–H groups in total. The Balaban J connectivity index is 2.18. The number of hydrogen-bond acceptors (Lipinski definition) is 2. The second kappa shape index (κ2) is 2.81. The fourth-order valence-corrected chi connectivity index (χ4v) is 2.29. The minimum Gasteiger partial charge on any atom is -0.337 e. The first-order valence-corrected chi connectivity index (χ1v) is 5.42. The average molecular weight is 202 g/mol. The first-order valence-electron chi connectivity index (χ1n) is 5.42. The molecule has 0 radical (unpaired) electrons. The summed E-state index contributed by atoms with van der Waals surface area (Å²) in [6, 6.07) is 1.92. The molecule has 0 spiro atoms. The molecule has 0 unspecified atom stereocenters. The van der Waals surface area contributed by atoms with Crippen LogP contribution in [0.2, 0.25) is 0 Å². The molecule has 2 aliphatic rings. The predicted octanol–water partition coefficient (Wildman–Crippen LogP) is 1.85. The maximum Gasteiger partial charge on any atom is 0.254 e. The van der Waals surface area contributed by atoms with Crippen molar-refractivity contribution in [3.05, 3.63) is 28.6 Å². The van der Waals surface area contributed by atoms with E-state index in [0.717, 1.165) is 17.8 Å². The van der Waals surface area contributed by atoms with Gasteiger partial charge in [-0.25, -0.2) is 0 Å². The summed E-state index contributed by atoms with van der Waals surface area (Å²) < 4.78 is 0. The Labute approximate surface area is 89.1 Å². The van der Waals surface area contributed by atoms with E-state index in [4.69, 9.17) is 0 Å². The number of carbonyl (C=O) groups excluding carboxylic acids is 1. The predicted molar refractivity (Wildman–Crippen MR) is 56.7 cm³/mol. The average Bonchev–Trinajstić information content (AvgIpc) is 2.98. The third-order valence-electron chi connectivity index (χ3n) is 3.22. The molecule has 15 heavy (non-hydrogen) atoms. The van der Waals surface area contributed by atoms with E-state index in [-0.39, 0.29) is 5.91 Å². The Morgan fingerprint density at radius 2 is 2.20 bits per heavy atom.